The molecular weight excluding hydrogens is 490 g/mol. The molecule has 12 heteroatoms. The third-order valence-corrected chi connectivity index (χ3v) is 8.83. The zero-order valence-corrected chi connectivity index (χ0v) is 20.9. The van der Waals surface area contributed by atoms with E-state index in [0.29, 0.717) is 22.9 Å². The normalized spacial score (nSPS) is 19.9. The summed E-state index contributed by atoms with van der Waals surface area (Å²) < 4.78 is 29.3. The lowest BCUT2D eigenvalue weighted by atomic mass is 9.97. The quantitative estimate of drug-likeness (QED) is 0.360. The summed E-state index contributed by atoms with van der Waals surface area (Å²) in [6.45, 7) is 3.91. The fraction of sp³-hybridized carbons (Fsp3) is 0.280. The SMILES string of the molecule is Cc1ccccc1S(=O)(=O)c1nc2[nH]ccc2n2c([C@H]3C[C@@H](Nc4cnc(C#N)cn4)C[C@H]3C)nnc12. The topological polar surface area (TPSA) is 155 Å². The van der Waals surface area contributed by atoms with Crippen molar-refractivity contribution in [1.82, 2.24) is 34.5 Å². The first kappa shape index (κ1) is 23.1. The van der Waals surface area contributed by atoms with Crippen LogP contribution in [0.2, 0.25) is 0 Å². The molecular formula is C25H23N9O2S. The Hall–Kier alpha value is -4.37. The largest absolute Gasteiger partial charge is 0.366 e. The molecule has 1 saturated carbocycles. The highest BCUT2D eigenvalue weighted by Crippen LogP contribution is 2.41. The van der Waals surface area contributed by atoms with Crippen molar-refractivity contribution in [2.45, 2.75) is 48.6 Å². The first-order chi connectivity index (χ1) is 17.9. The third kappa shape index (κ3) is 3.79. The smallest absolute Gasteiger partial charge is 0.228 e. The Morgan fingerprint density at radius 2 is 1.97 bits per heavy atom. The predicted octanol–water partition coefficient (Wildman–Crippen LogP) is 3.40. The molecule has 6 rings (SSSR count). The van der Waals surface area contributed by atoms with E-state index in [9.17, 15) is 8.42 Å². The fourth-order valence-corrected chi connectivity index (χ4v) is 6.77. The molecule has 0 aliphatic heterocycles. The monoisotopic (exact) mass is 513 g/mol. The molecule has 11 nitrogen and oxygen atoms in total. The van der Waals surface area contributed by atoms with Crippen molar-refractivity contribution in [2.75, 3.05) is 5.32 Å². The minimum atomic E-state index is -3.95. The van der Waals surface area contributed by atoms with Crippen molar-refractivity contribution in [1.29, 1.82) is 5.26 Å². The highest BCUT2D eigenvalue weighted by Gasteiger charge is 2.37. The highest BCUT2D eigenvalue weighted by molar-refractivity contribution is 7.91. The lowest BCUT2D eigenvalue weighted by Crippen LogP contribution is -2.17. The van der Waals surface area contributed by atoms with Gasteiger partial charge in [-0.2, -0.15) is 5.26 Å². The van der Waals surface area contributed by atoms with Gasteiger partial charge in [-0.25, -0.2) is 23.4 Å². The van der Waals surface area contributed by atoms with Crippen LogP contribution in [0.3, 0.4) is 0 Å². The number of aromatic amines is 1. The molecule has 1 aromatic carbocycles. The molecule has 1 fully saturated rings. The van der Waals surface area contributed by atoms with Gasteiger partial charge in [0.2, 0.25) is 14.9 Å². The van der Waals surface area contributed by atoms with Crippen molar-refractivity contribution in [3.05, 3.63) is 66.0 Å². The Morgan fingerprint density at radius 1 is 1.14 bits per heavy atom. The summed E-state index contributed by atoms with van der Waals surface area (Å²) in [6, 6.07) is 10.8. The fourth-order valence-electron chi connectivity index (χ4n) is 5.22. The molecule has 0 radical (unpaired) electrons. The van der Waals surface area contributed by atoms with Crippen LogP contribution < -0.4 is 5.32 Å². The van der Waals surface area contributed by atoms with Gasteiger partial charge in [0.25, 0.3) is 0 Å². The summed E-state index contributed by atoms with van der Waals surface area (Å²) in [5.74, 6) is 1.57. The van der Waals surface area contributed by atoms with Crippen molar-refractivity contribution in [3.63, 3.8) is 0 Å². The van der Waals surface area contributed by atoms with E-state index in [-0.39, 0.29) is 39.1 Å². The van der Waals surface area contributed by atoms with Crippen LogP contribution in [0.1, 0.15) is 42.8 Å². The predicted molar refractivity (Wildman–Crippen MR) is 135 cm³/mol. The average Bonchev–Trinajstić information content (AvgIpc) is 3.61. The molecule has 1 aliphatic carbocycles. The molecule has 0 amide bonds. The number of anilines is 1. The summed E-state index contributed by atoms with van der Waals surface area (Å²) in [5, 5.41) is 21.1. The molecule has 2 N–H and O–H groups in total. The zero-order chi connectivity index (χ0) is 25.7. The third-order valence-electron chi connectivity index (χ3n) is 7.01. The summed E-state index contributed by atoms with van der Waals surface area (Å²) in [4.78, 5) is 16.1. The van der Waals surface area contributed by atoms with E-state index < -0.39 is 9.84 Å². The number of hydrogen-bond donors (Lipinski definition) is 2. The second kappa shape index (κ2) is 8.63. The summed E-state index contributed by atoms with van der Waals surface area (Å²) in [7, 11) is -3.95. The maximum atomic E-state index is 13.7. The Balaban J connectivity index is 1.41. The van der Waals surface area contributed by atoms with Gasteiger partial charge in [-0.15, -0.1) is 10.2 Å². The number of rotatable bonds is 5. The number of nitriles is 1. The van der Waals surface area contributed by atoms with Gasteiger partial charge < -0.3 is 10.3 Å². The lowest BCUT2D eigenvalue weighted by Gasteiger charge is -2.15. The Bertz CT molecular complexity index is 1780. The molecule has 0 unspecified atom stereocenters. The molecule has 37 heavy (non-hydrogen) atoms. The van der Waals surface area contributed by atoms with Crippen LogP contribution in [0.25, 0.3) is 16.8 Å². The summed E-state index contributed by atoms with van der Waals surface area (Å²) in [5.41, 5.74) is 2.29. The number of fused-ring (bicyclic) bond motifs is 3. The first-order valence-electron chi connectivity index (χ1n) is 11.9. The van der Waals surface area contributed by atoms with Gasteiger partial charge >= 0.3 is 0 Å². The molecule has 3 atom stereocenters. The molecule has 0 bridgehead atoms. The minimum absolute atomic E-state index is 0.0216. The van der Waals surface area contributed by atoms with Crippen molar-refractivity contribution < 1.29 is 8.42 Å². The van der Waals surface area contributed by atoms with Crippen LogP contribution >= 0.6 is 0 Å². The van der Waals surface area contributed by atoms with Crippen LogP contribution in [-0.4, -0.2) is 49.0 Å². The van der Waals surface area contributed by atoms with Gasteiger partial charge in [-0.3, -0.25) is 4.40 Å². The van der Waals surface area contributed by atoms with E-state index in [2.05, 4.69) is 42.4 Å². The summed E-state index contributed by atoms with van der Waals surface area (Å²) in [6.07, 6.45) is 6.34. The average molecular weight is 514 g/mol. The van der Waals surface area contributed by atoms with E-state index in [1.54, 1.807) is 43.6 Å². The van der Waals surface area contributed by atoms with E-state index in [0.717, 1.165) is 18.4 Å². The van der Waals surface area contributed by atoms with E-state index in [1.807, 2.05) is 16.5 Å². The Morgan fingerprint density at radius 3 is 2.73 bits per heavy atom. The second-order valence-corrected chi connectivity index (χ2v) is 11.2. The molecule has 0 spiro atoms. The van der Waals surface area contributed by atoms with Crippen molar-refractivity contribution >= 4 is 32.5 Å². The summed E-state index contributed by atoms with van der Waals surface area (Å²) >= 11 is 0. The molecule has 4 heterocycles. The highest BCUT2D eigenvalue weighted by atomic mass is 32.2. The number of benzene rings is 1. The number of sulfone groups is 1. The molecule has 4 aromatic heterocycles. The second-order valence-electron chi connectivity index (χ2n) is 9.41. The number of aromatic nitrogens is 7. The molecule has 5 aromatic rings. The van der Waals surface area contributed by atoms with Gasteiger partial charge in [-0.05, 0) is 43.4 Å². The maximum Gasteiger partial charge on any atom is 0.228 e. The maximum absolute atomic E-state index is 13.7. The molecule has 1 aliphatic rings. The van der Waals surface area contributed by atoms with Crippen LogP contribution in [0.4, 0.5) is 5.82 Å². The minimum Gasteiger partial charge on any atom is -0.366 e. The zero-order valence-electron chi connectivity index (χ0n) is 20.1. The molecule has 186 valence electrons. The van der Waals surface area contributed by atoms with Gasteiger partial charge in [0.1, 0.15) is 17.7 Å². The van der Waals surface area contributed by atoms with Gasteiger partial charge in [-0.1, -0.05) is 25.1 Å². The van der Waals surface area contributed by atoms with Gasteiger partial charge in [0.05, 0.1) is 22.8 Å². The van der Waals surface area contributed by atoms with Crippen molar-refractivity contribution in [3.8, 4) is 6.07 Å². The first-order valence-corrected chi connectivity index (χ1v) is 13.4. The van der Waals surface area contributed by atoms with Crippen LogP contribution in [0.15, 0.2) is 58.8 Å². The van der Waals surface area contributed by atoms with E-state index in [4.69, 9.17) is 5.26 Å². The number of aryl methyl sites for hydroxylation is 1. The number of nitrogens with one attached hydrogen (secondary N) is 2. The number of nitrogens with zero attached hydrogens (tertiary/aromatic N) is 7. The number of H-pyrrole nitrogens is 1. The van der Waals surface area contributed by atoms with Gasteiger partial charge in [0.15, 0.2) is 17.0 Å². The van der Waals surface area contributed by atoms with Crippen LogP contribution in [0, 0.1) is 24.2 Å². The van der Waals surface area contributed by atoms with Crippen LogP contribution in [-0.2, 0) is 9.84 Å². The Labute approximate surface area is 212 Å². The van der Waals surface area contributed by atoms with Crippen LogP contribution in [0.5, 0.6) is 0 Å². The number of hydrogen-bond acceptors (Lipinski definition) is 9. The van der Waals surface area contributed by atoms with E-state index >= 15 is 0 Å². The van der Waals surface area contributed by atoms with Gasteiger partial charge in [0, 0.05) is 18.2 Å². The lowest BCUT2D eigenvalue weighted by molar-refractivity contribution is 0.507. The van der Waals surface area contributed by atoms with E-state index in [1.165, 1.54) is 6.20 Å². The molecule has 0 saturated heterocycles. The van der Waals surface area contributed by atoms with Crippen molar-refractivity contribution in [2.24, 2.45) is 5.92 Å². The standard InChI is InChI=1S/C25H23N9O2S/c1-14-5-3-4-6-20(14)37(35,36)25-24-33-32-23(34(24)19-7-8-27-22(19)31-25)18-10-16(9-15(18)2)30-21-13-28-17(11-26)12-29-21/h3-8,12-13,15-16,18,27H,9-10H2,1-2H3,(H,29,30)/t15-,16+,18+/m1/s1. The Kier molecular flexibility index (Phi) is 5.38.